The van der Waals surface area contributed by atoms with E-state index >= 15 is 0 Å². The van der Waals surface area contributed by atoms with E-state index in [1.807, 2.05) is 6.08 Å². The summed E-state index contributed by atoms with van der Waals surface area (Å²) >= 11 is 0. The van der Waals surface area contributed by atoms with Crippen molar-refractivity contribution in [2.75, 3.05) is 26.2 Å². The fraction of sp³-hybridized carbons (Fsp3) is 0.867. The van der Waals surface area contributed by atoms with Crippen molar-refractivity contribution in [3.05, 3.63) is 12.7 Å². The van der Waals surface area contributed by atoms with Crippen molar-refractivity contribution in [2.45, 2.75) is 46.6 Å². The van der Waals surface area contributed by atoms with Crippen LogP contribution in [0.25, 0.3) is 0 Å². The number of hydrogen-bond acceptors (Lipinski definition) is 2. The number of rotatable bonds is 5. The highest BCUT2D eigenvalue weighted by molar-refractivity contribution is 4.96. The molecule has 0 aliphatic carbocycles. The van der Waals surface area contributed by atoms with Gasteiger partial charge in [-0.2, -0.15) is 0 Å². The van der Waals surface area contributed by atoms with Crippen LogP contribution in [0.4, 0.5) is 0 Å². The summed E-state index contributed by atoms with van der Waals surface area (Å²) in [4.78, 5) is 2.56. The molecule has 1 N–H and O–H groups in total. The van der Waals surface area contributed by atoms with E-state index in [0.717, 1.165) is 19.0 Å². The molecule has 1 saturated heterocycles. The minimum Gasteiger partial charge on any atom is -0.316 e. The lowest BCUT2D eigenvalue weighted by Crippen LogP contribution is -2.50. The normalized spacial score (nSPS) is 25.8. The van der Waals surface area contributed by atoms with Crippen LogP contribution in [0.2, 0.25) is 0 Å². The van der Waals surface area contributed by atoms with Crippen molar-refractivity contribution >= 4 is 0 Å². The summed E-state index contributed by atoms with van der Waals surface area (Å²) in [6.45, 7) is 20.0. The van der Waals surface area contributed by atoms with E-state index in [-0.39, 0.29) is 5.54 Å². The predicted octanol–water partition coefficient (Wildman–Crippen LogP) is 2.91. The molecule has 0 radical (unpaired) electrons. The molecule has 0 aromatic rings. The van der Waals surface area contributed by atoms with E-state index < -0.39 is 0 Å². The fourth-order valence-corrected chi connectivity index (χ4v) is 2.68. The summed E-state index contributed by atoms with van der Waals surface area (Å²) in [7, 11) is 0. The summed E-state index contributed by atoms with van der Waals surface area (Å²) in [6, 6.07) is 0. The first-order chi connectivity index (χ1) is 7.82. The molecule has 0 aromatic carbocycles. The molecule has 1 atom stereocenters. The van der Waals surface area contributed by atoms with Crippen LogP contribution in [0, 0.1) is 11.3 Å². The minimum absolute atomic E-state index is 0.221. The van der Waals surface area contributed by atoms with Crippen molar-refractivity contribution in [2.24, 2.45) is 11.3 Å². The highest BCUT2D eigenvalue weighted by Gasteiger charge is 2.40. The van der Waals surface area contributed by atoms with E-state index in [2.05, 4.69) is 51.4 Å². The predicted molar refractivity (Wildman–Crippen MR) is 76.3 cm³/mol. The summed E-state index contributed by atoms with van der Waals surface area (Å²) in [5.41, 5.74) is 0.662. The zero-order chi connectivity index (χ0) is 13.1. The molecule has 0 aromatic heterocycles. The maximum atomic E-state index is 3.90. The van der Waals surface area contributed by atoms with Crippen LogP contribution in [0.1, 0.15) is 41.0 Å². The van der Waals surface area contributed by atoms with Crippen molar-refractivity contribution in [1.82, 2.24) is 10.2 Å². The summed E-state index contributed by atoms with van der Waals surface area (Å²) in [5.74, 6) is 0.729. The second kappa shape index (κ2) is 5.53. The van der Waals surface area contributed by atoms with Gasteiger partial charge in [-0.1, -0.05) is 19.9 Å². The second-order valence-corrected chi connectivity index (χ2v) is 6.78. The molecule has 1 unspecified atom stereocenters. The van der Waals surface area contributed by atoms with E-state index in [0.29, 0.717) is 5.41 Å². The van der Waals surface area contributed by atoms with Crippen LogP contribution >= 0.6 is 0 Å². The Hall–Kier alpha value is -0.340. The van der Waals surface area contributed by atoms with Crippen LogP contribution < -0.4 is 5.32 Å². The SMILES string of the molecule is C=CCN(CC1(C(C)C)CCNC1)C(C)(C)C. The third-order valence-electron chi connectivity index (χ3n) is 4.31. The molecule has 1 fully saturated rings. The van der Waals surface area contributed by atoms with Crippen molar-refractivity contribution < 1.29 is 0 Å². The lowest BCUT2D eigenvalue weighted by Gasteiger charge is -2.43. The number of hydrogen-bond donors (Lipinski definition) is 1. The summed E-state index contributed by atoms with van der Waals surface area (Å²) in [6.07, 6.45) is 3.33. The van der Waals surface area contributed by atoms with Crippen LogP contribution in [0.15, 0.2) is 12.7 Å². The van der Waals surface area contributed by atoms with Gasteiger partial charge in [0.25, 0.3) is 0 Å². The quantitative estimate of drug-likeness (QED) is 0.741. The number of nitrogens with one attached hydrogen (secondary N) is 1. The molecule has 1 aliphatic rings. The monoisotopic (exact) mass is 238 g/mol. The molecular formula is C15H30N2. The molecule has 1 aliphatic heterocycles. The van der Waals surface area contributed by atoms with E-state index in [4.69, 9.17) is 0 Å². The lowest BCUT2D eigenvalue weighted by molar-refractivity contribution is 0.0632. The Balaban J connectivity index is 2.79. The van der Waals surface area contributed by atoms with Crippen LogP contribution in [0.3, 0.4) is 0 Å². The highest BCUT2D eigenvalue weighted by Crippen LogP contribution is 2.36. The van der Waals surface area contributed by atoms with E-state index in [1.165, 1.54) is 19.5 Å². The topological polar surface area (TPSA) is 15.3 Å². The average molecular weight is 238 g/mol. The van der Waals surface area contributed by atoms with Gasteiger partial charge in [-0.25, -0.2) is 0 Å². The average Bonchev–Trinajstić information content (AvgIpc) is 2.65. The van der Waals surface area contributed by atoms with Gasteiger partial charge in [0.2, 0.25) is 0 Å². The summed E-state index contributed by atoms with van der Waals surface area (Å²) in [5, 5.41) is 3.54. The third kappa shape index (κ3) is 3.56. The van der Waals surface area contributed by atoms with Gasteiger partial charge < -0.3 is 5.32 Å². The Labute approximate surface area is 107 Å². The summed E-state index contributed by atoms with van der Waals surface area (Å²) < 4.78 is 0. The Morgan fingerprint density at radius 2 is 2.06 bits per heavy atom. The maximum Gasteiger partial charge on any atom is 0.0166 e. The number of nitrogens with zero attached hydrogens (tertiary/aromatic N) is 1. The first-order valence-corrected chi connectivity index (χ1v) is 6.88. The Kier molecular flexibility index (Phi) is 4.79. The van der Waals surface area contributed by atoms with Gasteiger partial charge in [-0.05, 0) is 45.1 Å². The van der Waals surface area contributed by atoms with Gasteiger partial charge >= 0.3 is 0 Å². The first kappa shape index (κ1) is 14.7. The van der Waals surface area contributed by atoms with Gasteiger partial charge in [0, 0.05) is 25.2 Å². The molecule has 0 bridgehead atoms. The van der Waals surface area contributed by atoms with Crippen LogP contribution in [0.5, 0.6) is 0 Å². The van der Waals surface area contributed by atoms with E-state index in [9.17, 15) is 0 Å². The second-order valence-electron chi connectivity index (χ2n) is 6.78. The molecule has 1 rings (SSSR count). The molecule has 0 spiro atoms. The zero-order valence-electron chi connectivity index (χ0n) is 12.3. The van der Waals surface area contributed by atoms with Crippen LogP contribution in [-0.4, -0.2) is 36.6 Å². The largest absolute Gasteiger partial charge is 0.316 e. The highest BCUT2D eigenvalue weighted by atomic mass is 15.2. The van der Waals surface area contributed by atoms with Gasteiger partial charge in [0.15, 0.2) is 0 Å². The van der Waals surface area contributed by atoms with Crippen molar-refractivity contribution in [3.8, 4) is 0 Å². The standard InChI is InChI=1S/C15H30N2/c1-7-10-17(14(4,5)6)12-15(13(2)3)8-9-16-11-15/h7,13,16H,1,8-12H2,2-6H3. The van der Waals surface area contributed by atoms with Gasteiger partial charge in [0.05, 0.1) is 0 Å². The molecule has 0 saturated carbocycles. The Morgan fingerprint density at radius 1 is 1.41 bits per heavy atom. The van der Waals surface area contributed by atoms with Gasteiger partial charge in [0.1, 0.15) is 0 Å². The molecule has 2 nitrogen and oxygen atoms in total. The third-order valence-corrected chi connectivity index (χ3v) is 4.31. The van der Waals surface area contributed by atoms with Gasteiger partial charge in [-0.3, -0.25) is 4.90 Å². The lowest BCUT2D eigenvalue weighted by atomic mass is 9.75. The first-order valence-electron chi connectivity index (χ1n) is 6.88. The molecule has 17 heavy (non-hydrogen) atoms. The molecule has 1 heterocycles. The Morgan fingerprint density at radius 3 is 2.41 bits per heavy atom. The Bertz CT molecular complexity index is 244. The van der Waals surface area contributed by atoms with Crippen molar-refractivity contribution in [1.29, 1.82) is 0 Å². The van der Waals surface area contributed by atoms with Crippen LogP contribution in [-0.2, 0) is 0 Å². The zero-order valence-corrected chi connectivity index (χ0v) is 12.3. The maximum absolute atomic E-state index is 3.90. The fourth-order valence-electron chi connectivity index (χ4n) is 2.68. The molecular weight excluding hydrogens is 208 g/mol. The smallest absolute Gasteiger partial charge is 0.0166 e. The molecule has 100 valence electrons. The molecule has 2 heteroatoms. The minimum atomic E-state index is 0.221. The molecule has 0 amide bonds. The van der Waals surface area contributed by atoms with E-state index in [1.54, 1.807) is 0 Å². The van der Waals surface area contributed by atoms with Crippen molar-refractivity contribution in [3.63, 3.8) is 0 Å². The van der Waals surface area contributed by atoms with Gasteiger partial charge in [-0.15, -0.1) is 6.58 Å².